The van der Waals surface area contributed by atoms with Gasteiger partial charge in [-0.25, -0.2) is 0 Å². The van der Waals surface area contributed by atoms with E-state index in [1.54, 1.807) is 31.4 Å². The van der Waals surface area contributed by atoms with Gasteiger partial charge >= 0.3 is 0 Å². The number of amides is 2. The Morgan fingerprint density at radius 2 is 1.60 bits per heavy atom. The van der Waals surface area contributed by atoms with Crippen LogP contribution in [0.1, 0.15) is 5.56 Å². The Bertz CT molecular complexity index is 702. The smallest absolute Gasteiger partial charge is 0.250 e. The number of anilines is 1. The average molecular weight is 363 g/mol. The van der Waals surface area contributed by atoms with Crippen molar-refractivity contribution in [1.29, 1.82) is 0 Å². The molecule has 0 aromatic heterocycles. The molecule has 0 aliphatic heterocycles. The van der Waals surface area contributed by atoms with Crippen molar-refractivity contribution >= 4 is 29.1 Å². The van der Waals surface area contributed by atoms with Crippen molar-refractivity contribution in [3.05, 3.63) is 59.1 Å². The van der Waals surface area contributed by atoms with Gasteiger partial charge in [0.05, 0.1) is 7.11 Å². The normalized spacial score (nSPS) is 10.2. The Morgan fingerprint density at radius 1 is 0.960 bits per heavy atom. The first-order valence-corrected chi connectivity index (χ1v) is 7.97. The van der Waals surface area contributed by atoms with Gasteiger partial charge in [0, 0.05) is 17.3 Å². The molecule has 2 N–H and O–H groups in total. The summed E-state index contributed by atoms with van der Waals surface area (Å²) >= 11 is 5.77. The van der Waals surface area contributed by atoms with Crippen molar-refractivity contribution in [1.82, 2.24) is 5.32 Å². The first-order valence-electron chi connectivity index (χ1n) is 7.59. The van der Waals surface area contributed by atoms with E-state index in [1.165, 1.54) is 0 Å². The Kier molecular flexibility index (Phi) is 7.25. The standard InChI is InChI=1S/C18H19ClN2O4/c1-24-16-8-2-13(3-9-16)10-20-17(22)11-25-12-18(23)21-15-6-4-14(19)5-7-15/h2-9H,10-12H2,1H3,(H,20,22)(H,21,23). The molecule has 0 saturated carbocycles. The van der Waals surface area contributed by atoms with Crippen LogP contribution in [0.15, 0.2) is 48.5 Å². The Labute approximate surface area is 151 Å². The number of ether oxygens (including phenoxy) is 2. The van der Waals surface area contributed by atoms with E-state index in [9.17, 15) is 9.59 Å². The Hall–Kier alpha value is -2.57. The summed E-state index contributed by atoms with van der Waals surface area (Å²) in [7, 11) is 1.59. The van der Waals surface area contributed by atoms with E-state index in [1.807, 2.05) is 24.3 Å². The van der Waals surface area contributed by atoms with Crippen LogP contribution in [0.5, 0.6) is 5.75 Å². The largest absolute Gasteiger partial charge is 0.497 e. The van der Waals surface area contributed by atoms with E-state index in [2.05, 4.69) is 10.6 Å². The van der Waals surface area contributed by atoms with Crippen LogP contribution in [0.2, 0.25) is 5.02 Å². The van der Waals surface area contributed by atoms with Crippen molar-refractivity contribution in [2.45, 2.75) is 6.54 Å². The van der Waals surface area contributed by atoms with Gasteiger partial charge in [-0.2, -0.15) is 0 Å². The lowest BCUT2D eigenvalue weighted by Gasteiger charge is -2.08. The maximum absolute atomic E-state index is 11.7. The third-order valence-electron chi connectivity index (χ3n) is 3.24. The van der Waals surface area contributed by atoms with E-state index < -0.39 is 0 Å². The molecule has 0 aliphatic rings. The van der Waals surface area contributed by atoms with Crippen molar-refractivity contribution in [2.75, 3.05) is 25.6 Å². The van der Waals surface area contributed by atoms with Gasteiger partial charge in [-0.15, -0.1) is 0 Å². The summed E-state index contributed by atoms with van der Waals surface area (Å²) in [6.45, 7) is -0.0219. The van der Waals surface area contributed by atoms with Crippen molar-refractivity contribution in [3.63, 3.8) is 0 Å². The summed E-state index contributed by atoms with van der Waals surface area (Å²) in [4.78, 5) is 23.4. The zero-order valence-electron chi connectivity index (χ0n) is 13.8. The van der Waals surface area contributed by atoms with Gasteiger partial charge in [-0.05, 0) is 42.0 Å². The van der Waals surface area contributed by atoms with Gasteiger partial charge in [-0.3, -0.25) is 9.59 Å². The summed E-state index contributed by atoms with van der Waals surface area (Å²) < 4.78 is 10.2. The highest BCUT2D eigenvalue weighted by molar-refractivity contribution is 6.30. The second kappa shape index (κ2) is 9.66. The van der Waals surface area contributed by atoms with Crippen LogP contribution in [-0.4, -0.2) is 32.1 Å². The molecule has 132 valence electrons. The van der Waals surface area contributed by atoms with Crippen molar-refractivity contribution in [3.8, 4) is 5.75 Å². The number of hydrogen-bond acceptors (Lipinski definition) is 4. The summed E-state index contributed by atoms with van der Waals surface area (Å²) in [5, 5.41) is 5.95. The third kappa shape index (κ3) is 6.82. The van der Waals surface area contributed by atoms with E-state index in [4.69, 9.17) is 21.1 Å². The number of nitrogens with one attached hydrogen (secondary N) is 2. The van der Waals surface area contributed by atoms with Gasteiger partial charge < -0.3 is 20.1 Å². The van der Waals surface area contributed by atoms with Crippen LogP contribution < -0.4 is 15.4 Å². The second-order valence-electron chi connectivity index (χ2n) is 5.17. The fourth-order valence-electron chi connectivity index (χ4n) is 1.96. The lowest BCUT2D eigenvalue weighted by atomic mass is 10.2. The van der Waals surface area contributed by atoms with E-state index in [0.29, 0.717) is 17.3 Å². The monoisotopic (exact) mass is 362 g/mol. The molecule has 0 heterocycles. The molecule has 7 heteroatoms. The molecule has 0 aliphatic carbocycles. The molecule has 25 heavy (non-hydrogen) atoms. The highest BCUT2D eigenvalue weighted by atomic mass is 35.5. The highest BCUT2D eigenvalue weighted by Crippen LogP contribution is 2.13. The van der Waals surface area contributed by atoms with Gasteiger partial charge in [0.25, 0.3) is 0 Å². The third-order valence-corrected chi connectivity index (χ3v) is 3.50. The minimum atomic E-state index is -0.342. The summed E-state index contributed by atoms with van der Waals surface area (Å²) in [6, 6.07) is 14.1. The van der Waals surface area contributed by atoms with Crippen LogP contribution in [0.4, 0.5) is 5.69 Å². The van der Waals surface area contributed by atoms with Crippen LogP contribution in [-0.2, 0) is 20.9 Å². The molecule has 0 radical (unpaired) electrons. The molecule has 0 saturated heterocycles. The van der Waals surface area contributed by atoms with Crippen LogP contribution >= 0.6 is 11.6 Å². The lowest BCUT2D eigenvalue weighted by molar-refractivity contribution is -0.128. The van der Waals surface area contributed by atoms with Crippen molar-refractivity contribution in [2.24, 2.45) is 0 Å². The minimum absolute atomic E-state index is 0.190. The molecule has 0 bridgehead atoms. The van der Waals surface area contributed by atoms with Gasteiger partial charge in [0.2, 0.25) is 11.8 Å². The number of rotatable bonds is 8. The first-order chi connectivity index (χ1) is 12.1. The molecule has 0 fully saturated rings. The molecule has 0 spiro atoms. The summed E-state index contributed by atoms with van der Waals surface area (Å²) in [6.07, 6.45) is 0. The number of carbonyl (C=O) groups is 2. The fourth-order valence-corrected chi connectivity index (χ4v) is 2.09. The second-order valence-corrected chi connectivity index (χ2v) is 5.61. The number of carbonyl (C=O) groups excluding carboxylic acids is 2. The van der Waals surface area contributed by atoms with Crippen LogP contribution in [0.3, 0.4) is 0 Å². The average Bonchev–Trinajstić information content (AvgIpc) is 2.62. The van der Waals surface area contributed by atoms with Crippen molar-refractivity contribution < 1.29 is 19.1 Å². The maximum atomic E-state index is 11.7. The molecule has 2 rings (SSSR count). The zero-order chi connectivity index (χ0) is 18.1. The predicted molar refractivity (Wildman–Crippen MR) is 95.7 cm³/mol. The number of benzene rings is 2. The summed E-state index contributed by atoms with van der Waals surface area (Å²) in [5.74, 6) is 0.116. The Balaban J connectivity index is 1.64. The topological polar surface area (TPSA) is 76.7 Å². The predicted octanol–water partition coefficient (Wildman–Crippen LogP) is 2.62. The van der Waals surface area contributed by atoms with Crippen LogP contribution in [0, 0.1) is 0 Å². The molecular weight excluding hydrogens is 344 g/mol. The van der Waals surface area contributed by atoms with E-state index in [0.717, 1.165) is 11.3 Å². The highest BCUT2D eigenvalue weighted by Gasteiger charge is 2.06. The van der Waals surface area contributed by atoms with E-state index in [-0.39, 0.29) is 25.0 Å². The number of hydrogen-bond donors (Lipinski definition) is 2. The maximum Gasteiger partial charge on any atom is 0.250 e. The number of halogens is 1. The van der Waals surface area contributed by atoms with Gasteiger partial charge in [0.1, 0.15) is 19.0 Å². The molecular formula is C18H19ClN2O4. The first kappa shape index (κ1) is 18.8. The van der Waals surface area contributed by atoms with Gasteiger partial charge in [-0.1, -0.05) is 23.7 Å². The quantitative estimate of drug-likeness (QED) is 0.756. The summed E-state index contributed by atoms with van der Waals surface area (Å²) in [5.41, 5.74) is 1.55. The molecule has 6 nitrogen and oxygen atoms in total. The SMILES string of the molecule is COc1ccc(CNC(=O)COCC(=O)Nc2ccc(Cl)cc2)cc1. The lowest BCUT2D eigenvalue weighted by Crippen LogP contribution is -2.29. The van der Waals surface area contributed by atoms with Crippen LogP contribution in [0.25, 0.3) is 0 Å². The van der Waals surface area contributed by atoms with Gasteiger partial charge in [0.15, 0.2) is 0 Å². The molecule has 0 atom stereocenters. The molecule has 2 aromatic rings. The minimum Gasteiger partial charge on any atom is -0.497 e. The fraction of sp³-hybridized carbons (Fsp3) is 0.222. The zero-order valence-corrected chi connectivity index (χ0v) is 14.5. The molecule has 2 amide bonds. The Morgan fingerprint density at radius 3 is 2.24 bits per heavy atom. The van der Waals surface area contributed by atoms with E-state index >= 15 is 0 Å². The number of methoxy groups -OCH3 is 1. The molecule has 0 unspecified atom stereocenters. The molecule has 2 aromatic carbocycles.